The molecule has 6 heteroatoms. The minimum Gasteiger partial charge on any atom is -0.207 e. The van der Waals surface area contributed by atoms with E-state index in [0.717, 1.165) is 30.5 Å². The molecule has 4 aromatic carbocycles. The van der Waals surface area contributed by atoms with Crippen LogP contribution in [0.1, 0.15) is 28.7 Å². The Bertz CT molecular complexity index is 1460. The first-order valence-corrected chi connectivity index (χ1v) is 11.1. The number of benzene rings is 4. The van der Waals surface area contributed by atoms with Gasteiger partial charge < -0.3 is 0 Å². The van der Waals surface area contributed by atoms with E-state index in [1.807, 2.05) is 30.3 Å². The molecule has 4 rings (SSSR count). The zero-order valence-electron chi connectivity index (χ0n) is 19.0. The monoisotopic (exact) mass is 494 g/mol. The molecule has 0 nitrogen and oxygen atoms in total. The maximum atomic E-state index is 15.2. The van der Waals surface area contributed by atoms with Gasteiger partial charge in [0.2, 0.25) is 0 Å². The van der Waals surface area contributed by atoms with Crippen molar-refractivity contribution in [3.05, 3.63) is 119 Å². The first-order chi connectivity index (χ1) is 17.1. The molecule has 0 saturated carbocycles. The second-order valence-electron chi connectivity index (χ2n) is 8.35. The molecular weight excluding hydrogens is 474 g/mol. The van der Waals surface area contributed by atoms with E-state index in [-0.39, 0.29) is 16.5 Å². The van der Waals surface area contributed by atoms with Crippen LogP contribution in [0.5, 0.6) is 0 Å². The molecule has 0 unspecified atom stereocenters. The van der Waals surface area contributed by atoms with Crippen molar-refractivity contribution in [2.75, 3.05) is 0 Å². The van der Waals surface area contributed by atoms with Crippen LogP contribution in [0.3, 0.4) is 0 Å². The van der Waals surface area contributed by atoms with Crippen molar-refractivity contribution in [1.29, 1.82) is 0 Å². The normalized spacial score (nSPS) is 11.3. The van der Waals surface area contributed by atoms with Crippen LogP contribution in [0, 0.1) is 29.3 Å². The summed E-state index contributed by atoms with van der Waals surface area (Å²) in [7, 11) is 0. The first-order valence-electron chi connectivity index (χ1n) is 11.1. The zero-order valence-corrected chi connectivity index (χ0v) is 19.0. The van der Waals surface area contributed by atoms with Gasteiger partial charge in [0, 0.05) is 27.6 Å². The highest BCUT2D eigenvalue weighted by molar-refractivity contribution is 5.89. The molecule has 0 amide bonds. The Morgan fingerprint density at radius 1 is 0.778 bits per heavy atom. The van der Waals surface area contributed by atoms with E-state index in [9.17, 15) is 22.0 Å². The van der Waals surface area contributed by atoms with E-state index in [4.69, 9.17) is 0 Å². The van der Waals surface area contributed by atoms with Gasteiger partial charge in [-0.05, 0) is 65.8 Å². The molecule has 0 radical (unpaired) electrons. The molecule has 0 aliphatic carbocycles. The van der Waals surface area contributed by atoms with Crippen molar-refractivity contribution in [3.63, 3.8) is 0 Å². The zero-order chi connectivity index (χ0) is 25.9. The summed E-state index contributed by atoms with van der Waals surface area (Å²) in [6.07, 6.45) is -2.84. The fraction of sp³-hybridized carbons (Fsp3) is 0.133. The van der Waals surface area contributed by atoms with E-state index >= 15 is 4.39 Å². The van der Waals surface area contributed by atoms with Gasteiger partial charge >= 0.3 is 6.18 Å². The number of aryl methyl sites for hydroxylation is 1. The average molecular weight is 494 g/mol. The number of halogens is 6. The highest BCUT2D eigenvalue weighted by Crippen LogP contribution is 2.33. The highest BCUT2D eigenvalue weighted by atomic mass is 19.4. The maximum absolute atomic E-state index is 15.2. The van der Waals surface area contributed by atoms with Gasteiger partial charge in [-0.25, -0.2) is 13.2 Å². The topological polar surface area (TPSA) is 0 Å². The van der Waals surface area contributed by atoms with Gasteiger partial charge in [-0.1, -0.05) is 48.2 Å². The smallest absolute Gasteiger partial charge is 0.207 e. The Balaban J connectivity index is 1.61. The summed E-state index contributed by atoms with van der Waals surface area (Å²) in [5, 5.41) is 0.724. The van der Waals surface area contributed by atoms with Crippen molar-refractivity contribution in [1.82, 2.24) is 0 Å². The van der Waals surface area contributed by atoms with Crippen molar-refractivity contribution in [2.24, 2.45) is 0 Å². The number of hydrogen-bond donors (Lipinski definition) is 0. The SMILES string of the molecule is C=CCCc1ccc(C#Cc2ccc3c(F)c(-c4cc(F)c(CC(F)(F)F)c(F)c4)ccc3c2)cc1. The molecule has 36 heavy (non-hydrogen) atoms. The highest BCUT2D eigenvalue weighted by Gasteiger charge is 2.31. The molecule has 0 atom stereocenters. The Morgan fingerprint density at radius 2 is 1.42 bits per heavy atom. The standard InChI is InChI=1S/C30H20F6/c1-2-3-4-19-5-7-20(8-6-19)9-10-21-11-13-24-22(15-21)12-14-25(29(24)33)23-16-27(31)26(28(32)17-23)18-30(34,35)36/h2,5-8,11-17H,1,3-4,18H2. The van der Waals surface area contributed by atoms with Crippen LogP contribution >= 0.6 is 0 Å². The third-order valence-corrected chi connectivity index (χ3v) is 5.73. The van der Waals surface area contributed by atoms with E-state index in [1.54, 1.807) is 18.2 Å². The lowest BCUT2D eigenvalue weighted by molar-refractivity contribution is -0.128. The van der Waals surface area contributed by atoms with E-state index in [0.29, 0.717) is 10.9 Å². The predicted molar refractivity (Wildman–Crippen MR) is 130 cm³/mol. The van der Waals surface area contributed by atoms with Crippen LogP contribution in [-0.2, 0) is 12.8 Å². The average Bonchev–Trinajstić information content (AvgIpc) is 2.84. The Kier molecular flexibility index (Phi) is 7.21. The summed E-state index contributed by atoms with van der Waals surface area (Å²) in [6.45, 7) is 3.71. The third-order valence-electron chi connectivity index (χ3n) is 5.73. The summed E-state index contributed by atoms with van der Waals surface area (Å²) < 4.78 is 81.5. The molecule has 182 valence electrons. The van der Waals surface area contributed by atoms with Crippen molar-refractivity contribution in [2.45, 2.75) is 25.4 Å². The van der Waals surface area contributed by atoms with Crippen molar-refractivity contribution < 1.29 is 26.3 Å². The number of allylic oxidation sites excluding steroid dienone is 1. The summed E-state index contributed by atoms with van der Waals surface area (Å²) in [5.74, 6) is 2.63. The van der Waals surface area contributed by atoms with E-state index < -0.39 is 35.6 Å². The number of hydrogen-bond acceptors (Lipinski definition) is 0. The van der Waals surface area contributed by atoms with Gasteiger partial charge in [0.05, 0.1) is 6.42 Å². The van der Waals surface area contributed by atoms with Crippen LogP contribution in [-0.4, -0.2) is 6.18 Å². The molecule has 0 heterocycles. The number of alkyl halides is 3. The largest absolute Gasteiger partial charge is 0.393 e. The summed E-state index contributed by atoms with van der Waals surface area (Å²) in [4.78, 5) is 0. The minimum absolute atomic E-state index is 0.116. The molecule has 4 aromatic rings. The molecule has 0 aliphatic rings. The predicted octanol–water partition coefficient (Wildman–Crippen LogP) is 8.55. The molecule has 0 aliphatic heterocycles. The molecule has 0 saturated heterocycles. The second-order valence-corrected chi connectivity index (χ2v) is 8.35. The lowest BCUT2D eigenvalue weighted by Gasteiger charge is -2.12. The van der Waals surface area contributed by atoms with Crippen molar-refractivity contribution >= 4 is 10.8 Å². The molecule has 0 bridgehead atoms. The van der Waals surface area contributed by atoms with Gasteiger partial charge in [-0.3, -0.25) is 0 Å². The molecule has 0 N–H and O–H groups in total. The van der Waals surface area contributed by atoms with Gasteiger partial charge in [-0.2, -0.15) is 13.2 Å². The van der Waals surface area contributed by atoms with Gasteiger partial charge in [0.25, 0.3) is 0 Å². The van der Waals surface area contributed by atoms with Crippen molar-refractivity contribution in [3.8, 4) is 23.0 Å². The second kappa shape index (κ2) is 10.3. The Morgan fingerprint density at radius 3 is 2.06 bits per heavy atom. The van der Waals surface area contributed by atoms with Crippen LogP contribution in [0.4, 0.5) is 26.3 Å². The Hall–Kier alpha value is -3.98. The molecule has 0 fully saturated rings. The third kappa shape index (κ3) is 5.80. The van der Waals surface area contributed by atoms with E-state index in [2.05, 4.69) is 18.4 Å². The Labute approximate surface area is 204 Å². The summed E-state index contributed by atoms with van der Waals surface area (Å²) in [5.41, 5.74) is 1.27. The van der Waals surface area contributed by atoms with Crippen LogP contribution in [0.15, 0.2) is 79.4 Å². The summed E-state index contributed by atoms with van der Waals surface area (Å²) in [6, 6.07) is 17.1. The first kappa shape index (κ1) is 25.1. The quantitative estimate of drug-likeness (QED) is 0.148. The number of fused-ring (bicyclic) bond motifs is 1. The number of rotatable bonds is 5. The lowest BCUT2D eigenvalue weighted by atomic mass is 9.97. The van der Waals surface area contributed by atoms with Gasteiger partial charge in [0.15, 0.2) is 0 Å². The fourth-order valence-corrected chi connectivity index (χ4v) is 3.89. The minimum atomic E-state index is -4.77. The lowest BCUT2D eigenvalue weighted by Crippen LogP contribution is -2.14. The van der Waals surface area contributed by atoms with Gasteiger partial charge in [0.1, 0.15) is 17.5 Å². The van der Waals surface area contributed by atoms with E-state index in [1.165, 1.54) is 17.7 Å². The van der Waals surface area contributed by atoms with Crippen LogP contribution in [0.25, 0.3) is 21.9 Å². The fourth-order valence-electron chi connectivity index (χ4n) is 3.89. The van der Waals surface area contributed by atoms with Crippen LogP contribution < -0.4 is 0 Å². The molecule has 0 aromatic heterocycles. The van der Waals surface area contributed by atoms with Crippen LogP contribution in [0.2, 0.25) is 0 Å². The maximum Gasteiger partial charge on any atom is 0.393 e. The summed E-state index contributed by atoms with van der Waals surface area (Å²) >= 11 is 0. The van der Waals surface area contributed by atoms with Gasteiger partial charge in [-0.15, -0.1) is 6.58 Å². The molecular formula is C30H20F6. The molecule has 0 spiro atoms.